The molecule has 0 fully saturated rings. The summed E-state index contributed by atoms with van der Waals surface area (Å²) in [4.78, 5) is 0. The van der Waals surface area contributed by atoms with Crippen molar-refractivity contribution >= 4 is 28.9 Å². The van der Waals surface area contributed by atoms with Gasteiger partial charge in [-0.15, -0.1) is 0 Å². The fourth-order valence-electron chi connectivity index (χ4n) is 1.58. The second kappa shape index (κ2) is 5.81. The number of anilines is 1. The Morgan fingerprint density at radius 1 is 0.950 bits per heavy atom. The van der Waals surface area contributed by atoms with Gasteiger partial charge in [0, 0.05) is 12.2 Å². The number of nitrogens with one attached hydrogen (secondary N) is 1. The second-order valence-corrected chi connectivity index (χ2v) is 4.83. The highest BCUT2D eigenvalue weighted by molar-refractivity contribution is 6.35. The monoisotopic (exact) mass is 321 g/mol. The van der Waals surface area contributed by atoms with Crippen LogP contribution in [0, 0.1) is 17.5 Å². The van der Waals surface area contributed by atoms with E-state index < -0.39 is 23.2 Å². The average Bonchev–Trinajstić information content (AvgIpc) is 2.39. The van der Waals surface area contributed by atoms with Crippen LogP contribution in [-0.4, -0.2) is 5.11 Å². The molecule has 0 aliphatic rings. The number of hydrogen-bond donors (Lipinski definition) is 2. The highest BCUT2D eigenvalue weighted by Gasteiger charge is 2.10. The van der Waals surface area contributed by atoms with E-state index in [9.17, 15) is 13.2 Å². The SMILES string of the molecule is Oc1c(F)cc(CNc2cc(Cl)c(F)c(Cl)c2)cc1F. The molecule has 20 heavy (non-hydrogen) atoms. The normalized spacial score (nSPS) is 10.7. The number of phenolic OH excluding ortho intramolecular Hbond substituents is 1. The Hall–Kier alpha value is -1.59. The Labute approximate surface area is 122 Å². The van der Waals surface area contributed by atoms with E-state index in [4.69, 9.17) is 28.3 Å². The average molecular weight is 322 g/mol. The maximum atomic E-state index is 13.2. The molecule has 7 heteroatoms. The molecule has 0 radical (unpaired) electrons. The van der Waals surface area contributed by atoms with E-state index in [0.717, 1.165) is 12.1 Å². The van der Waals surface area contributed by atoms with Gasteiger partial charge in [-0.1, -0.05) is 23.2 Å². The van der Waals surface area contributed by atoms with Crippen molar-refractivity contribution in [2.75, 3.05) is 5.32 Å². The van der Waals surface area contributed by atoms with Crippen LogP contribution in [0.3, 0.4) is 0 Å². The van der Waals surface area contributed by atoms with E-state index in [0.29, 0.717) is 5.69 Å². The smallest absolute Gasteiger partial charge is 0.187 e. The lowest BCUT2D eigenvalue weighted by atomic mass is 10.2. The number of phenols is 1. The molecule has 2 rings (SSSR count). The number of hydrogen-bond acceptors (Lipinski definition) is 2. The lowest BCUT2D eigenvalue weighted by Crippen LogP contribution is -2.01. The first-order chi connectivity index (χ1) is 9.38. The van der Waals surface area contributed by atoms with Crippen LogP contribution in [-0.2, 0) is 6.54 Å². The first-order valence-corrected chi connectivity index (χ1v) is 6.19. The van der Waals surface area contributed by atoms with Crippen molar-refractivity contribution in [1.82, 2.24) is 0 Å². The third-order valence-electron chi connectivity index (χ3n) is 2.56. The summed E-state index contributed by atoms with van der Waals surface area (Å²) in [6, 6.07) is 4.57. The molecule has 2 nitrogen and oxygen atoms in total. The topological polar surface area (TPSA) is 32.3 Å². The molecule has 0 aliphatic carbocycles. The van der Waals surface area contributed by atoms with E-state index in [2.05, 4.69) is 5.32 Å². The maximum absolute atomic E-state index is 13.2. The lowest BCUT2D eigenvalue weighted by molar-refractivity contribution is 0.395. The minimum atomic E-state index is -1.06. The Morgan fingerprint density at radius 2 is 1.45 bits per heavy atom. The van der Waals surface area contributed by atoms with E-state index in [1.165, 1.54) is 12.1 Å². The Bertz CT molecular complexity index is 561. The zero-order chi connectivity index (χ0) is 14.9. The van der Waals surface area contributed by atoms with Gasteiger partial charge in [0.05, 0.1) is 10.0 Å². The first-order valence-electron chi connectivity index (χ1n) is 5.44. The molecular weight excluding hydrogens is 314 g/mol. The van der Waals surface area contributed by atoms with Crippen LogP contribution in [0.15, 0.2) is 24.3 Å². The van der Waals surface area contributed by atoms with Crippen LogP contribution in [0.5, 0.6) is 5.75 Å². The number of benzene rings is 2. The number of aromatic hydroxyl groups is 1. The molecule has 0 amide bonds. The van der Waals surface area contributed by atoms with Crippen LogP contribution in [0.25, 0.3) is 0 Å². The molecular formula is C13H8Cl2F3NO. The van der Waals surface area contributed by atoms with E-state index >= 15 is 0 Å². The highest BCUT2D eigenvalue weighted by Crippen LogP contribution is 2.28. The van der Waals surface area contributed by atoms with Gasteiger partial charge in [-0.2, -0.15) is 0 Å². The highest BCUT2D eigenvalue weighted by atomic mass is 35.5. The molecule has 0 aliphatic heterocycles. The molecule has 0 spiro atoms. The second-order valence-electron chi connectivity index (χ2n) is 4.02. The van der Waals surface area contributed by atoms with Crippen molar-refractivity contribution in [2.45, 2.75) is 6.54 Å². The van der Waals surface area contributed by atoms with Gasteiger partial charge in [0.2, 0.25) is 0 Å². The maximum Gasteiger partial charge on any atom is 0.187 e. The molecule has 0 saturated carbocycles. The van der Waals surface area contributed by atoms with Crippen molar-refractivity contribution in [1.29, 1.82) is 0 Å². The van der Waals surface area contributed by atoms with Gasteiger partial charge in [0.15, 0.2) is 23.2 Å². The van der Waals surface area contributed by atoms with Crippen molar-refractivity contribution in [3.8, 4) is 5.75 Å². The van der Waals surface area contributed by atoms with Crippen LogP contribution < -0.4 is 5.32 Å². The number of halogens is 5. The summed E-state index contributed by atoms with van der Waals surface area (Å²) < 4.78 is 39.5. The van der Waals surface area contributed by atoms with Crippen molar-refractivity contribution in [3.63, 3.8) is 0 Å². The lowest BCUT2D eigenvalue weighted by Gasteiger charge is -2.09. The molecule has 0 atom stereocenters. The van der Waals surface area contributed by atoms with E-state index in [1.54, 1.807) is 0 Å². The molecule has 2 N–H and O–H groups in total. The Kier molecular flexibility index (Phi) is 4.30. The first kappa shape index (κ1) is 14.8. The number of rotatable bonds is 3. The molecule has 0 aromatic heterocycles. The van der Waals surface area contributed by atoms with E-state index in [1.807, 2.05) is 0 Å². The van der Waals surface area contributed by atoms with Crippen LogP contribution >= 0.6 is 23.2 Å². The van der Waals surface area contributed by atoms with Gasteiger partial charge in [-0.3, -0.25) is 0 Å². The molecule has 2 aromatic carbocycles. The summed E-state index contributed by atoms with van der Waals surface area (Å²) in [5.41, 5.74) is 0.657. The molecule has 0 saturated heterocycles. The molecule has 0 bridgehead atoms. The van der Waals surface area contributed by atoms with Gasteiger partial charge in [-0.05, 0) is 29.8 Å². The summed E-state index contributed by atoms with van der Waals surface area (Å²) in [6.07, 6.45) is 0. The zero-order valence-electron chi connectivity index (χ0n) is 9.85. The van der Waals surface area contributed by atoms with E-state index in [-0.39, 0.29) is 22.2 Å². The molecule has 0 heterocycles. The summed E-state index contributed by atoms with van der Waals surface area (Å²) in [7, 11) is 0. The third kappa shape index (κ3) is 3.11. The molecule has 2 aromatic rings. The molecule has 106 valence electrons. The molecule has 0 unspecified atom stereocenters. The Balaban J connectivity index is 2.17. The standard InChI is InChI=1S/C13H8Cl2F3NO/c14-8-3-7(4-9(15)12(8)18)19-5-6-1-10(16)13(20)11(17)2-6/h1-4,19-20H,5H2. The third-order valence-corrected chi connectivity index (χ3v) is 3.11. The van der Waals surface area contributed by atoms with Crippen LogP contribution in [0.2, 0.25) is 10.0 Å². The quantitative estimate of drug-likeness (QED) is 0.801. The van der Waals surface area contributed by atoms with Crippen LogP contribution in [0.4, 0.5) is 18.9 Å². The minimum Gasteiger partial charge on any atom is -0.503 e. The predicted molar refractivity (Wildman–Crippen MR) is 71.8 cm³/mol. The minimum absolute atomic E-state index is 0.0480. The van der Waals surface area contributed by atoms with Gasteiger partial charge in [0.1, 0.15) is 0 Å². The summed E-state index contributed by atoms with van der Waals surface area (Å²) in [5.74, 6) is -3.88. The predicted octanol–water partition coefficient (Wildman–Crippen LogP) is 4.73. The van der Waals surface area contributed by atoms with Crippen molar-refractivity contribution < 1.29 is 18.3 Å². The zero-order valence-corrected chi connectivity index (χ0v) is 11.4. The van der Waals surface area contributed by atoms with Gasteiger partial charge >= 0.3 is 0 Å². The Morgan fingerprint density at radius 3 is 1.95 bits per heavy atom. The van der Waals surface area contributed by atoms with Gasteiger partial charge in [0.25, 0.3) is 0 Å². The van der Waals surface area contributed by atoms with Crippen molar-refractivity contribution in [3.05, 3.63) is 57.3 Å². The largest absolute Gasteiger partial charge is 0.503 e. The van der Waals surface area contributed by atoms with Crippen LogP contribution in [0.1, 0.15) is 5.56 Å². The summed E-state index contributed by atoms with van der Waals surface area (Å²) in [5, 5.41) is 11.4. The van der Waals surface area contributed by atoms with Gasteiger partial charge < -0.3 is 10.4 Å². The summed E-state index contributed by atoms with van der Waals surface area (Å²) >= 11 is 11.2. The fourth-order valence-corrected chi connectivity index (χ4v) is 2.07. The fraction of sp³-hybridized carbons (Fsp3) is 0.0769. The van der Waals surface area contributed by atoms with Crippen molar-refractivity contribution in [2.24, 2.45) is 0 Å². The van der Waals surface area contributed by atoms with Gasteiger partial charge in [-0.25, -0.2) is 13.2 Å². The summed E-state index contributed by atoms with van der Waals surface area (Å²) in [6.45, 7) is 0.0480.